The predicted octanol–water partition coefficient (Wildman–Crippen LogP) is 2.22. The minimum Gasteiger partial charge on any atom is -0.481 e. The van der Waals surface area contributed by atoms with Crippen LogP contribution in [0.15, 0.2) is 24.3 Å². The summed E-state index contributed by atoms with van der Waals surface area (Å²) in [5, 5.41) is 24.2. The maximum absolute atomic E-state index is 11.6. The van der Waals surface area contributed by atoms with Gasteiger partial charge in [-0.3, -0.25) is 14.9 Å². The molecule has 114 valence electrons. The first-order chi connectivity index (χ1) is 9.88. The van der Waals surface area contributed by atoms with Gasteiger partial charge in [0.15, 0.2) is 0 Å². The van der Waals surface area contributed by atoms with Crippen molar-refractivity contribution in [2.45, 2.75) is 19.8 Å². The molecule has 1 rings (SSSR count). The Hall–Kier alpha value is -2.64. The fraction of sp³-hybridized carbons (Fsp3) is 0.385. The Morgan fingerprint density at radius 3 is 2.76 bits per heavy atom. The quantitative estimate of drug-likeness (QED) is 0.526. The maximum atomic E-state index is 11.6. The first-order valence-electron chi connectivity index (χ1n) is 6.39. The lowest BCUT2D eigenvalue weighted by Crippen LogP contribution is -2.32. The lowest BCUT2D eigenvalue weighted by Gasteiger charge is -2.12. The highest BCUT2D eigenvalue weighted by Gasteiger charge is 2.10. The number of nitro benzene ring substituents is 1. The number of urea groups is 1. The molecule has 0 heterocycles. The zero-order valence-corrected chi connectivity index (χ0v) is 11.5. The second kappa shape index (κ2) is 7.83. The molecule has 1 aromatic rings. The fourth-order valence-electron chi connectivity index (χ4n) is 1.61. The topological polar surface area (TPSA) is 122 Å². The fourth-order valence-corrected chi connectivity index (χ4v) is 1.61. The van der Waals surface area contributed by atoms with Gasteiger partial charge in [0.2, 0.25) is 0 Å². The van der Waals surface area contributed by atoms with E-state index in [0.717, 1.165) is 0 Å². The van der Waals surface area contributed by atoms with Gasteiger partial charge in [-0.05, 0) is 18.4 Å². The summed E-state index contributed by atoms with van der Waals surface area (Å²) >= 11 is 0. The Kier molecular flexibility index (Phi) is 6.12. The lowest BCUT2D eigenvalue weighted by molar-refractivity contribution is -0.384. The maximum Gasteiger partial charge on any atom is 0.319 e. The molecule has 1 unspecified atom stereocenters. The number of carboxylic acid groups (broad SMARTS) is 1. The molecule has 0 saturated carbocycles. The van der Waals surface area contributed by atoms with Crippen LogP contribution in [0.5, 0.6) is 0 Å². The van der Waals surface area contributed by atoms with Crippen LogP contribution < -0.4 is 10.6 Å². The van der Waals surface area contributed by atoms with Crippen molar-refractivity contribution in [1.29, 1.82) is 0 Å². The van der Waals surface area contributed by atoms with Gasteiger partial charge in [-0.2, -0.15) is 0 Å². The number of carbonyl (C=O) groups excluding carboxylic acids is 1. The summed E-state index contributed by atoms with van der Waals surface area (Å²) in [5.41, 5.74) is 0.211. The van der Waals surface area contributed by atoms with Crippen molar-refractivity contribution in [2.24, 2.45) is 5.92 Å². The lowest BCUT2D eigenvalue weighted by atomic mass is 10.1. The van der Waals surface area contributed by atoms with Gasteiger partial charge in [0, 0.05) is 30.8 Å². The van der Waals surface area contributed by atoms with Crippen LogP contribution in [0.1, 0.15) is 19.8 Å². The van der Waals surface area contributed by atoms with Crippen LogP contribution in [0.3, 0.4) is 0 Å². The Labute approximate surface area is 121 Å². The first-order valence-corrected chi connectivity index (χ1v) is 6.39. The molecular formula is C13H17N3O5. The van der Waals surface area contributed by atoms with Gasteiger partial charge in [0.25, 0.3) is 5.69 Å². The zero-order valence-electron chi connectivity index (χ0n) is 11.5. The Balaban J connectivity index is 2.41. The van der Waals surface area contributed by atoms with E-state index >= 15 is 0 Å². The van der Waals surface area contributed by atoms with Gasteiger partial charge in [-0.15, -0.1) is 0 Å². The van der Waals surface area contributed by atoms with Crippen molar-refractivity contribution in [3.8, 4) is 0 Å². The van der Waals surface area contributed by atoms with Gasteiger partial charge < -0.3 is 15.7 Å². The van der Waals surface area contributed by atoms with E-state index < -0.39 is 16.9 Å². The van der Waals surface area contributed by atoms with Crippen molar-refractivity contribution in [3.05, 3.63) is 34.4 Å². The molecule has 1 atom stereocenters. The average Bonchev–Trinajstić information content (AvgIpc) is 2.43. The number of carbonyl (C=O) groups is 2. The van der Waals surface area contributed by atoms with Gasteiger partial charge in [0.1, 0.15) is 0 Å². The number of carboxylic acids is 1. The van der Waals surface area contributed by atoms with Crippen molar-refractivity contribution in [2.75, 3.05) is 11.9 Å². The molecule has 0 aliphatic heterocycles. The summed E-state index contributed by atoms with van der Waals surface area (Å²) in [7, 11) is 0. The van der Waals surface area contributed by atoms with E-state index in [1.807, 2.05) is 6.92 Å². The monoisotopic (exact) mass is 295 g/mol. The summed E-state index contributed by atoms with van der Waals surface area (Å²) < 4.78 is 0. The molecule has 3 N–H and O–H groups in total. The van der Waals surface area contributed by atoms with Crippen LogP contribution >= 0.6 is 0 Å². The van der Waals surface area contributed by atoms with E-state index in [-0.39, 0.29) is 18.0 Å². The number of amides is 2. The number of benzene rings is 1. The van der Waals surface area contributed by atoms with E-state index in [4.69, 9.17) is 5.11 Å². The minimum atomic E-state index is -0.872. The van der Waals surface area contributed by atoms with E-state index in [2.05, 4.69) is 10.6 Å². The van der Waals surface area contributed by atoms with E-state index in [0.29, 0.717) is 18.7 Å². The van der Waals surface area contributed by atoms with Crippen molar-refractivity contribution in [3.63, 3.8) is 0 Å². The third kappa shape index (κ3) is 6.37. The molecule has 0 aliphatic carbocycles. The van der Waals surface area contributed by atoms with Crippen LogP contribution in [0.4, 0.5) is 16.2 Å². The third-order valence-electron chi connectivity index (χ3n) is 2.78. The molecule has 0 aliphatic rings. The normalized spacial score (nSPS) is 11.5. The molecule has 0 aromatic heterocycles. The molecule has 0 radical (unpaired) electrons. The molecule has 0 saturated heterocycles. The summed E-state index contributed by atoms with van der Waals surface area (Å²) in [5.74, 6) is -0.847. The standard InChI is InChI=1S/C13H17N3O5/c1-9(5-6-12(17)18)8-14-13(19)15-10-3-2-4-11(7-10)16(20)21/h2-4,7,9H,5-6,8H2,1H3,(H,17,18)(H2,14,15,19). The number of nitro groups is 1. The molecular weight excluding hydrogens is 278 g/mol. The number of nitrogens with zero attached hydrogens (tertiary/aromatic N) is 1. The first kappa shape index (κ1) is 16.4. The summed E-state index contributed by atoms with van der Waals surface area (Å²) in [4.78, 5) is 32.1. The smallest absolute Gasteiger partial charge is 0.319 e. The number of rotatable bonds is 7. The Bertz CT molecular complexity index is 532. The predicted molar refractivity (Wildman–Crippen MR) is 76.2 cm³/mol. The highest BCUT2D eigenvalue weighted by Crippen LogP contribution is 2.16. The average molecular weight is 295 g/mol. The molecule has 0 fully saturated rings. The highest BCUT2D eigenvalue weighted by molar-refractivity contribution is 5.89. The van der Waals surface area contributed by atoms with E-state index in [9.17, 15) is 19.7 Å². The molecule has 0 spiro atoms. The SMILES string of the molecule is CC(CCC(=O)O)CNC(=O)Nc1cccc([N+](=O)[O-])c1. The van der Waals surface area contributed by atoms with Crippen molar-refractivity contribution >= 4 is 23.4 Å². The van der Waals surface area contributed by atoms with E-state index in [1.54, 1.807) is 6.07 Å². The number of nitrogens with one attached hydrogen (secondary N) is 2. The van der Waals surface area contributed by atoms with Gasteiger partial charge in [-0.25, -0.2) is 4.79 Å². The van der Waals surface area contributed by atoms with Crippen molar-refractivity contribution in [1.82, 2.24) is 5.32 Å². The molecule has 2 amide bonds. The van der Waals surface area contributed by atoms with Crippen LogP contribution in [0, 0.1) is 16.0 Å². The Morgan fingerprint density at radius 2 is 2.14 bits per heavy atom. The number of hydrogen-bond acceptors (Lipinski definition) is 4. The van der Waals surface area contributed by atoms with Crippen LogP contribution in [-0.4, -0.2) is 28.6 Å². The molecule has 1 aromatic carbocycles. The van der Waals surface area contributed by atoms with Crippen LogP contribution in [0.25, 0.3) is 0 Å². The number of anilines is 1. The largest absolute Gasteiger partial charge is 0.481 e. The molecule has 8 nitrogen and oxygen atoms in total. The van der Waals surface area contributed by atoms with Crippen LogP contribution in [-0.2, 0) is 4.79 Å². The second-order valence-electron chi connectivity index (χ2n) is 4.68. The Morgan fingerprint density at radius 1 is 1.43 bits per heavy atom. The molecule has 0 bridgehead atoms. The molecule has 21 heavy (non-hydrogen) atoms. The van der Waals surface area contributed by atoms with Gasteiger partial charge in [-0.1, -0.05) is 13.0 Å². The van der Waals surface area contributed by atoms with Crippen LogP contribution in [0.2, 0.25) is 0 Å². The minimum absolute atomic E-state index is 0.0250. The zero-order chi connectivity index (χ0) is 15.8. The molecule has 8 heteroatoms. The number of non-ortho nitro benzene ring substituents is 1. The summed E-state index contributed by atoms with van der Waals surface area (Å²) in [6, 6.07) is 5.12. The number of hydrogen-bond donors (Lipinski definition) is 3. The number of aliphatic carboxylic acids is 1. The van der Waals surface area contributed by atoms with Gasteiger partial charge in [0.05, 0.1) is 4.92 Å². The van der Waals surface area contributed by atoms with Gasteiger partial charge >= 0.3 is 12.0 Å². The summed E-state index contributed by atoms with van der Waals surface area (Å²) in [6.45, 7) is 2.16. The summed E-state index contributed by atoms with van der Waals surface area (Å²) in [6.07, 6.45) is 0.516. The third-order valence-corrected chi connectivity index (χ3v) is 2.78. The van der Waals surface area contributed by atoms with E-state index in [1.165, 1.54) is 18.2 Å². The second-order valence-corrected chi connectivity index (χ2v) is 4.68. The highest BCUT2D eigenvalue weighted by atomic mass is 16.6. The van der Waals surface area contributed by atoms with Crippen molar-refractivity contribution < 1.29 is 19.6 Å².